The van der Waals surface area contributed by atoms with E-state index in [9.17, 15) is 36.5 Å². The van der Waals surface area contributed by atoms with Gasteiger partial charge < -0.3 is 4.18 Å². The van der Waals surface area contributed by atoms with E-state index in [1.54, 1.807) is 6.07 Å². The maximum absolute atomic E-state index is 12.8. The van der Waals surface area contributed by atoms with Crippen molar-refractivity contribution in [3.05, 3.63) is 99.6 Å². The average Bonchev–Trinajstić information content (AvgIpc) is 2.80. The Kier molecular flexibility index (Phi) is 7.49. The zero-order chi connectivity index (χ0) is 25.6. The average molecular weight is 507 g/mol. The van der Waals surface area contributed by atoms with Gasteiger partial charge in [0.05, 0.1) is 23.1 Å². The SMILES string of the molecule is O=C(Cc1cccc(C(F)(F)F)c1)N/N=C\c1ccccc1OS(=O)(=O)c1cccc([N+](=O)[O-])c1. The third-order valence-corrected chi connectivity index (χ3v) is 5.68. The van der Waals surface area contributed by atoms with Crippen molar-refractivity contribution in [2.75, 3.05) is 0 Å². The molecule has 1 N–H and O–H groups in total. The summed E-state index contributed by atoms with van der Waals surface area (Å²) in [6, 6.07) is 14.3. The van der Waals surface area contributed by atoms with Crippen molar-refractivity contribution in [1.29, 1.82) is 0 Å². The van der Waals surface area contributed by atoms with E-state index >= 15 is 0 Å². The molecule has 3 aromatic carbocycles. The third-order valence-electron chi connectivity index (χ3n) is 4.45. The Hall–Kier alpha value is -4.26. The summed E-state index contributed by atoms with van der Waals surface area (Å²) in [7, 11) is -4.44. The van der Waals surface area contributed by atoms with E-state index < -0.39 is 43.3 Å². The van der Waals surface area contributed by atoms with Crippen LogP contribution in [0.2, 0.25) is 0 Å². The standard InChI is InChI=1S/C22H16F3N3O6S/c23-22(24,25)17-7-3-5-15(11-17)12-21(29)27-26-14-16-6-1-2-10-20(16)34-35(32,33)19-9-4-8-18(13-19)28(30)31/h1-11,13-14H,12H2,(H,27,29)/b26-14-. The van der Waals surface area contributed by atoms with Crippen molar-refractivity contribution in [2.45, 2.75) is 17.5 Å². The molecule has 0 aliphatic rings. The van der Waals surface area contributed by atoms with Crippen LogP contribution in [0.1, 0.15) is 16.7 Å². The predicted molar refractivity (Wildman–Crippen MR) is 118 cm³/mol. The zero-order valence-corrected chi connectivity index (χ0v) is 18.4. The molecule has 0 aromatic heterocycles. The first kappa shape index (κ1) is 25.4. The van der Waals surface area contributed by atoms with Gasteiger partial charge >= 0.3 is 16.3 Å². The number of para-hydroxylation sites is 1. The maximum Gasteiger partial charge on any atom is 0.416 e. The van der Waals surface area contributed by atoms with Crippen LogP contribution in [0.15, 0.2) is 82.8 Å². The minimum absolute atomic E-state index is 0.124. The van der Waals surface area contributed by atoms with Crippen LogP contribution < -0.4 is 9.61 Å². The van der Waals surface area contributed by atoms with Crippen molar-refractivity contribution < 1.29 is 35.5 Å². The number of alkyl halides is 3. The number of halogens is 3. The Labute approximate surface area is 197 Å². The number of carbonyl (C=O) groups is 1. The number of amides is 1. The second kappa shape index (κ2) is 10.3. The van der Waals surface area contributed by atoms with Crippen molar-refractivity contribution in [3.8, 4) is 5.75 Å². The minimum Gasteiger partial charge on any atom is -0.378 e. The second-order valence-electron chi connectivity index (χ2n) is 7.00. The van der Waals surface area contributed by atoms with Gasteiger partial charge in [-0.2, -0.15) is 26.7 Å². The summed E-state index contributed by atoms with van der Waals surface area (Å²) in [4.78, 5) is 21.8. The fourth-order valence-electron chi connectivity index (χ4n) is 2.84. The van der Waals surface area contributed by atoms with E-state index in [1.165, 1.54) is 36.4 Å². The Morgan fingerprint density at radius 1 is 1.06 bits per heavy atom. The molecule has 0 saturated carbocycles. The molecule has 1 amide bonds. The molecule has 3 aromatic rings. The van der Waals surface area contributed by atoms with Gasteiger partial charge in [0.1, 0.15) is 4.90 Å². The zero-order valence-electron chi connectivity index (χ0n) is 17.6. The van der Waals surface area contributed by atoms with Crippen LogP contribution in [0.3, 0.4) is 0 Å². The minimum atomic E-state index is -4.54. The first-order chi connectivity index (χ1) is 16.5. The number of benzene rings is 3. The molecular weight excluding hydrogens is 491 g/mol. The lowest BCUT2D eigenvalue weighted by Crippen LogP contribution is -2.20. The lowest BCUT2D eigenvalue weighted by molar-refractivity contribution is -0.385. The van der Waals surface area contributed by atoms with Crippen molar-refractivity contribution in [2.24, 2.45) is 5.10 Å². The summed E-state index contributed by atoms with van der Waals surface area (Å²) in [5.41, 5.74) is 1.09. The molecule has 0 heterocycles. The number of rotatable bonds is 8. The summed E-state index contributed by atoms with van der Waals surface area (Å²) >= 11 is 0. The molecule has 0 aliphatic heterocycles. The van der Waals surface area contributed by atoms with E-state index in [-0.39, 0.29) is 23.3 Å². The third kappa shape index (κ3) is 6.86. The van der Waals surface area contributed by atoms with Crippen molar-refractivity contribution in [3.63, 3.8) is 0 Å². The van der Waals surface area contributed by atoms with Gasteiger partial charge in [-0.25, -0.2) is 5.43 Å². The van der Waals surface area contributed by atoms with Crippen LogP contribution in [0.25, 0.3) is 0 Å². The normalized spacial score (nSPS) is 11.9. The summed E-state index contributed by atoms with van der Waals surface area (Å²) in [5.74, 6) is -0.877. The van der Waals surface area contributed by atoms with E-state index in [4.69, 9.17) is 4.18 Å². The number of carbonyl (C=O) groups excluding carboxylic acids is 1. The first-order valence-electron chi connectivity index (χ1n) is 9.72. The molecular formula is C22H16F3N3O6S. The van der Waals surface area contributed by atoms with Gasteiger partial charge in [0.15, 0.2) is 5.75 Å². The molecule has 182 valence electrons. The molecule has 0 saturated heterocycles. The van der Waals surface area contributed by atoms with Crippen LogP contribution in [0, 0.1) is 10.1 Å². The quantitative estimate of drug-likeness (QED) is 0.212. The van der Waals surface area contributed by atoms with E-state index in [1.807, 2.05) is 0 Å². The monoisotopic (exact) mass is 507 g/mol. The molecule has 0 fully saturated rings. The largest absolute Gasteiger partial charge is 0.416 e. The summed E-state index contributed by atoms with van der Waals surface area (Å²) < 4.78 is 68.7. The molecule has 0 atom stereocenters. The van der Waals surface area contributed by atoms with E-state index in [2.05, 4.69) is 10.5 Å². The highest BCUT2D eigenvalue weighted by Gasteiger charge is 2.30. The number of hydrazone groups is 1. The Balaban J connectivity index is 1.70. The Bertz CT molecular complexity index is 1390. The van der Waals surface area contributed by atoms with Crippen LogP contribution in [0.5, 0.6) is 5.75 Å². The predicted octanol–water partition coefficient (Wildman–Crippen LogP) is 4.07. The number of hydrogen-bond donors (Lipinski definition) is 1. The van der Waals surface area contributed by atoms with Gasteiger partial charge in [-0.3, -0.25) is 14.9 Å². The van der Waals surface area contributed by atoms with Gasteiger partial charge in [-0.05, 0) is 29.8 Å². The fourth-order valence-corrected chi connectivity index (χ4v) is 3.83. The molecule has 13 heteroatoms. The van der Waals surface area contributed by atoms with Gasteiger partial charge in [0.25, 0.3) is 5.69 Å². The van der Waals surface area contributed by atoms with Crippen LogP contribution in [-0.4, -0.2) is 25.5 Å². The van der Waals surface area contributed by atoms with Gasteiger partial charge in [0, 0.05) is 17.7 Å². The summed E-state index contributed by atoms with van der Waals surface area (Å²) in [5, 5.41) is 14.6. The van der Waals surface area contributed by atoms with Gasteiger partial charge in [-0.15, -0.1) is 0 Å². The second-order valence-corrected chi connectivity index (χ2v) is 8.54. The maximum atomic E-state index is 12.8. The number of nitro groups is 1. The fraction of sp³-hybridized carbons (Fsp3) is 0.0909. The van der Waals surface area contributed by atoms with Crippen LogP contribution >= 0.6 is 0 Å². The number of non-ortho nitro benzene ring substituents is 1. The topological polar surface area (TPSA) is 128 Å². The molecule has 0 aliphatic carbocycles. The smallest absolute Gasteiger partial charge is 0.378 e. The lowest BCUT2D eigenvalue weighted by atomic mass is 10.1. The van der Waals surface area contributed by atoms with E-state index in [0.717, 1.165) is 36.5 Å². The van der Waals surface area contributed by atoms with Gasteiger partial charge in [-0.1, -0.05) is 36.4 Å². The highest BCUT2D eigenvalue weighted by atomic mass is 32.2. The number of nitrogens with one attached hydrogen (secondary N) is 1. The molecule has 0 unspecified atom stereocenters. The summed E-state index contributed by atoms with van der Waals surface area (Å²) in [6.07, 6.45) is -3.83. The molecule has 0 spiro atoms. The highest BCUT2D eigenvalue weighted by Crippen LogP contribution is 2.29. The number of hydrogen-bond acceptors (Lipinski definition) is 7. The van der Waals surface area contributed by atoms with Crippen molar-refractivity contribution in [1.82, 2.24) is 5.43 Å². The molecule has 0 bridgehead atoms. The van der Waals surface area contributed by atoms with E-state index in [0.29, 0.717) is 0 Å². The lowest BCUT2D eigenvalue weighted by Gasteiger charge is -2.09. The molecule has 0 radical (unpaired) electrons. The van der Waals surface area contributed by atoms with Crippen LogP contribution in [0.4, 0.5) is 18.9 Å². The summed E-state index contributed by atoms with van der Waals surface area (Å²) in [6.45, 7) is 0. The Morgan fingerprint density at radius 3 is 2.49 bits per heavy atom. The first-order valence-corrected chi connectivity index (χ1v) is 11.1. The molecule has 35 heavy (non-hydrogen) atoms. The molecule has 9 nitrogen and oxygen atoms in total. The molecule has 3 rings (SSSR count). The number of nitrogens with zero attached hydrogens (tertiary/aromatic N) is 2. The number of nitro benzene ring substituents is 1. The van der Waals surface area contributed by atoms with Crippen LogP contribution in [-0.2, 0) is 27.5 Å². The Morgan fingerprint density at radius 2 is 1.77 bits per heavy atom. The highest BCUT2D eigenvalue weighted by molar-refractivity contribution is 7.87. The van der Waals surface area contributed by atoms with Gasteiger partial charge in [0.2, 0.25) is 5.91 Å². The van der Waals surface area contributed by atoms with Crippen molar-refractivity contribution >= 4 is 27.9 Å².